The number of hydrogen-bond donors (Lipinski definition) is 2. The molecule has 0 spiro atoms. The zero-order chi connectivity index (χ0) is 18.7. The maximum Gasteiger partial charge on any atom is 0.413 e. The topological polar surface area (TPSA) is 134 Å². The largest absolute Gasteiger partial charge is 0.441 e. The van der Waals surface area contributed by atoms with Crippen molar-refractivity contribution >= 4 is 29.2 Å². The predicted molar refractivity (Wildman–Crippen MR) is 94.2 cm³/mol. The first-order valence-corrected chi connectivity index (χ1v) is 7.89. The highest BCUT2D eigenvalue weighted by atomic mass is 35.5. The molecule has 10 nitrogen and oxygen atoms in total. The molecule has 0 bridgehead atoms. The van der Waals surface area contributed by atoms with Crippen LogP contribution in [0.25, 0.3) is 11.5 Å². The summed E-state index contributed by atoms with van der Waals surface area (Å²) in [5.74, 6) is 0.551. The predicted octanol–water partition coefficient (Wildman–Crippen LogP) is 2.21. The van der Waals surface area contributed by atoms with E-state index in [0.29, 0.717) is 11.3 Å². The van der Waals surface area contributed by atoms with Crippen molar-refractivity contribution in [3.05, 3.63) is 41.4 Å². The number of nitrogen functional groups attached to an aromatic ring is 1. The average molecular weight is 375 g/mol. The van der Waals surface area contributed by atoms with Crippen LogP contribution < -0.4 is 11.1 Å². The van der Waals surface area contributed by atoms with Gasteiger partial charge in [0, 0.05) is 18.8 Å². The van der Waals surface area contributed by atoms with Gasteiger partial charge in [0.15, 0.2) is 17.3 Å². The molecule has 3 N–H and O–H groups in total. The second-order valence-corrected chi connectivity index (χ2v) is 5.66. The number of nitrogens with two attached hydrogens (primary N) is 1. The number of aryl methyl sites for hydroxylation is 1. The van der Waals surface area contributed by atoms with Crippen LogP contribution in [0.5, 0.6) is 0 Å². The van der Waals surface area contributed by atoms with E-state index in [0.717, 1.165) is 0 Å². The molecule has 134 valence electrons. The van der Waals surface area contributed by atoms with Crippen molar-refractivity contribution in [2.24, 2.45) is 7.05 Å². The van der Waals surface area contributed by atoms with E-state index < -0.39 is 12.2 Å². The molecule has 3 aromatic heterocycles. The van der Waals surface area contributed by atoms with Gasteiger partial charge in [0.1, 0.15) is 11.3 Å². The van der Waals surface area contributed by atoms with Crippen LogP contribution in [-0.2, 0) is 11.8 Å². The first-order valence-electron chi connectivity index (χ1n) is 7.51. The second kappa shape index (κ2) is 7.31. The van der Waals surface area contributed by atoms with Gasteiger partial charge in [-0.25, -0.2) is 24.4 Å². The molecule has 0 unspecified atom stereocenters. The zero-order valence-corrected chi connectivity index (χ0v) is 14.7. The van der Waals surface area contributed by atoms with Crippen molar-refractivity contribution in [2.45, 2.75) is 13.0 Å². The normalized spacial score (nSPS) is 11.8. The number of nitrogens with zero attached hydrogens (tertiary/aromatic N) is 6. The number of hydrogen-bond acceptors (Lipinski definition) is 8. The Morgan fingerprint density at radius 1 is 1.35 bits per heavy atom. The molecule has 0 aliphatic heterocycles. The number of nitrogens with one attached hydrogen (secondary N) is 1. The van der Waals surface area contributed by atoms with Crippen LogP contribution >= 0.6 is 11.6 Å². The number of anilines is 2. The Labute approximate surface area is 153 Å². The lowest BCUT2D eigenvalue weighted by Crippen LogP contribution is -2.18. The fraction of sp³-hybridized carbons (Fsp3) is 0.200. The molecule has 0 aliphatic carbocycles. The Morgan fingerprint density at radius 2 is 2.08 bits per heavy atom. The molecule has 0 aliphatic rings. The fourth-order valence-corrected chi connectivity index (χ4v) is 2.43. The number of rotatable bonds is 4. The second-order valence-electron chi connectivity index (χ2n) is 5.31. The maximum atomic E-state index is 12.3. The summed E-state index contributed by atoms with van der Waals surface area (Å²) < 4.78 is 6.72. The van der Waals surface area contributed by atoms with Crippen LogP contribution in [0.1, 0.15) is 18.6 Å². The van der Waals surface area contributed by atoms with Gasteiger partial charge in [0.2, 0.25) is 0 Å². The third-order valence-electron chi connectivity index (χ3n) is 3.44. The number of halogens is 1. The van der Waals surface area contributed by atoms with Crippen LogP contribution in [0.2, 0.25) is 5.15 Å². The number of aromatic nitrogens is 6. The van der Waals surface area contributed by atoms with Gasteiger partial charge < -0.3 is 10.5 Å². The molecule has 3 rings (SSSR count). The van der Waals surface area contributed by atoms with Crippen molar-refractivity contribution in [2.75, 3.05) is 11.1 Å². The Hall–Kier alpha value is -3.27. The molecular weight excluding hydrogens is 360 g/mol. The van der Waals surface area contributed by atoms with E-state index in [4.69, 9.17) is 22.1 Å². The highest BCUT2D eigenvalue weighted by Gasteiger charge is 2.20. The van der Waals surface area contributed by atoms with Crippen molar-refractivity contribution < 1.29 is 9.53 Å². The summed E-state index contributed by atoms with van der Waals surface area (Å²) in [7, 11) is 1.62. The summed E-state index contributed by atoms with van der Waals surface area (Å²) in [4.78, 5) is 24.4. The number of carbonyl (C=O) groups is 1. The summed E-state index contributed by atoms with van der Waals surface area (Å²) in [6, 6.07) is 3.44. The van der Waals surface area contributed by atoms with Crippen LogP contribution in [0.4, 0.5) is 16.3 Å². The maximum absolute atomic E-state index is 12.3. The molecule has 26 heavy (non-hydrogen) atoms. The van der Waals surface area contributed by atoms with E-state index in [-0.39, 0.29) is 22.5 Å². The van der Waals surface area contributed by atoms with E-state index in [9.17, 15) is 4.79 Å². The number of ether oxygens (including phenoxy) is 1. The van der Waals surface area contributed by atoms with Gasteiger partial charge in [-0.3, -0.25) is 5.32 Å². The summed E-state index contributed by atoms with van der Waals surface area (Å²) in [6.07, 6.45) is 3.11. The van der Waals surface area contributed by atoms with Crippen LogP contribution in [0.3, 0.4) is 0 Å². The average Bonchev–Trinajstić information content (AvgIpc) is 2.96. The van der Waals surface area contributed by atoms with E-state index >= 15 is 0 Å². The Bertz CT molecular complexity index is 928. The van der Waals surface area contributed by atoms with Crippen LogP contribution in [0.15, 0.2) is 30.7 Å². The molecule has 1 atom stereocenters. The third-order valence-corrected chi connectivity index (χ3v) is 3.76. The molecule has 0 radical (unpaired) electrons. The van der Waals surface area contributed by atoms with Crippen LogP contribution in [0, 0.1) is 0 Å². The van der Waals surface area contributed by atoms with Gasteiger partial charge in [0.25, 0.3) is 0 Å². The molecule has 0 fully saturated rings. The Balaban J connectivity index is 1.77. The monoisotopic (exact) mass is 374 g/mol. The first kappa shape index (κ1) is 17.5. The van der Waals surface area contributed by atoms with Crippen molar-refractivity contribution in [1.82, 2.24) is 29.9 Å². The van der Waals surface area contributed by atoms with Crippen molar-refractivity contribution in [3.63, 3.8) is 0 Å². The minimum absolute atomic E-state index is 0.269. The van der Waals surface area contributed by atoms with Gasteiger partial charge in [-0.15, -0.1) is 5.10 Å². The van der Waals surface area contributed by atoms with Crippen molar-refractivity contribution in [3.8, 4) is 11.5 Å². The van der Waals surface area contributed by atoms with E-state index in [1.807, 2.05) is 0 Å². The lowest BCUT2D eigenvalue weighted by Gasteiger charge is -2.15. The lowest BCUT2D eigenvalue weighted by molar-refractivity contribution is 0.121. The minimum atomic E-state index is -0.709. The van der Waals surface area contributed by atoms with Gasteiger partial charge >= 0.3 is 6.09 Å². The Kier molecular flexibility index (Phi) is 4.94. The Morgan fingerprint density at radius 3 is 2.77 bits per heavy atom. The molecular formula is C15H15ClN8O2. The van der Waals surface area contributed by atoms with E-state index in [2.05, 4.69) is 30.6 Å². The standard InChI is InChI=1S/C15H15ClN8O2/c1-8(10-4-3-5-18-12(10)16)26-15(25)21-14-11(22-23-24(14)2)13-19-6-9(17)7-20-13/h3-8H,17H2,1-2H3,(H,21,25)/t8-/m1/s1. The minimum Gasteiger partial charge on any atom is -0.441 e. The van der Waals surface area contributed by atoms with Gasteiger partial charge in [-0.2, -0.15) is 0 Å². The fourth-order valence-electron chi connectivity index (χ4n) is 2.16. The molecule has 0 aromatic carbocycles. The number of carbonyl (C=O) groups excluding carboxylic acids is 1. The number of pyridine rings is 1. The summed E-state index contributed by atoms with van der Waals surface area (Å²) in [5.41, 5.74) is 6.87. The SMILES string of the molecule is C[C@@H](OC(=O)Nc1c(-c2ncc(N)cn2)nnn1C)c1cccnc1Cl. The van der Waals surface area contributed by atoms with Gasteiger partial charge in [-0.05, 0) is 13.0 Å². The summed E-state index contributed by atoms with van der Waals surface area (Å²) >= 11 is 6.01. The van der Waals surface area contributed by atoms with Crippen molar-refractivity contribution in [1.29, 1.82) is 0 Å². The number of amides is 1. The van der Waals surface area contributed by atoms with Gasteiger partial charge in [0.05, 0.1) is 18.1 Å². The third kappa shape index (κ3) is 3.70. The highest BCUT2D eigenvalue weighted by Crippen LogP contribution is 2.25. The smallest absolute Gasteiger partial charge is 0.413 e. The summed E-state index contributed by atoms with van der Waals surface area (Å²) in [5, 5.41) is 10.7. The molecule has 3 heterocycles. The molecule has 3 aromatic rings. The van der Waals surface area contributed by atoms with E-state index in [1.165, 1.54) is 17.1 Å². The van der Waals surface area contributed by atoms with Crippen LogP contribution in [-0.4, -0.2) is 36.0 Å². The highest BCUT2D eigenvalue weighted by molar-refractivity contribution is 6.30. The molecule has 0 saturated heterocycles. The zero-order valence-electron chi connectivity index (χ0n) is 13.9. The molecule has 11 heteroatoms. The van der Waals surface area contributed by atoms with Gasteiger partial charge in [-0.1, -0.05) is 22.9 Å². The lowest BCUT2D eigenvalue weighted by atomic mass is 10.2. The summed E-state index contributed by atoms with van der Waals surface area (Å²) in [6.45, 7) is 1.69. The molecule has 0 saturated carbocycles. The molecule has 1 amide bonds. The first-order chi connectivity index (χ1) is 12.5. The van der Waals surface area contributed by atoms with E-state index in [1.54, 1.807) is 32.3 Å². The quantitative estimate of drug-likeness (QED) is 0.664.